The summed E-state index contributed by atoms with van der Waals surface area (Å²) >= 11 is 0. The summed E-state index contributed by atoms with van der Waals surface area (Å²) in [4.78, 5) is 16.0. The molecule has 0 aliphatic rings. The molecule has 0 unspecified atom stereocenters. The van der Waals surface area contributed by atoms with E-state index >= 15 is 0 Å². The Balaban J connectivity index is 2.10. The van der Waals surface area contributed by atoms with E-state index in [0.717, 1.165) is 0 Å². The fourth-order valence-electron chi connectivity index (χ4n) is 1.70. The molecule has 1 heterocycles. The average molecular weight is 261 g/mol. The van der Waals surface area contributed by atoms with Crippen molar-refractivity contribution in [3.05, 3.63) is 41.6 Å². The maximum absolute atomic E-state index is 12.0. The van der Waals surface area contributed by atoms with Crippen LogP contribution in [-0.4, -0.2) is 18.0 Å². The van der Waals surface area contributed by atoms with Gasteiger partial charge in [0.15, 0.2) is 5.75 Å². The number of carbonyl (C=O) groups is 1. The lowest BCUT2D eigenvalue weighted by Gasteiger charge is -2.10. The van der Waals surface area contributed by atoms with E-state index < -0.39 is 0 Å². The Morgan fingerprint density at radius 1 is 1.53 bits per heavy atom. The number of amides is 1. The van der Waals surface area contributed by atoms with Crippen LogP contribution in [0.1, 0.15) is 22.0 Å². The van der Waals surface area contributed by atoms with E-state index in [1.165, 1.54) is 7.11 Å². The van der Waals surface area contributed by atoms with Gasteiger partial charge in [0.05, 0.1) is 31.1 Å². The third-order valence-electron chi connectivity index (χ3n) is 2.56. The van der Waals surface area contributed by atoms with Crippen molar-refractivity contribution in [3.8, 4) is 5.75 Å². The molecular weight excluding hydrogens is 246 g/mol. The van der Waals surface area contributed by atoms with E-state index in [2.05, 4.69) is 10.3 Å². The molecule has 6 heteroatoms. The average Bonchev–Trinajstić information content (AvgIpc) is 2.81. The summed E-state index contributed by atoms with van der Waals surface area (Å²) in [5.74, 6) is 1.23. The lowest BCUT2D eigenvalue weighted by molar-refractivity contribution is 0.0944. The van der Waals surface area contributed by atoms with E-state index in [0.29, 0.717) is 28.7 Å². The van der Waals surface area contributed by atoms with E-state index in [1.807, 2.05) is 0 Å². The molecule has 2 rings (SSSR count). The summed E-state index contributed by atoms with van der Waals surface area (Å²) < 4.78 is 10.4. The Morgan fingerprint density at radius 3 is 2.95 bits per heavy atom. The van der Waals surface area contributed by atoms with Crippen LogP contribution < -0.4 is 15.8 Å². The van der Waals surface area contributed by atoms with E-state index in [-0.39, 0.29) is 12.5 Å². The van der Waals surface area contributed by atoms with Crippen molar-refractivity contribution < 1.29 is 13.9 Å². The molecule has 2 aromatic rings. The minimum Gasteiger partial charge on any atom is -0.494 e. The van der Waals surface area contributed by atoms with E-state index in [1.54, 1.807) is 31.3 Å². The van der Waals surface area contributed by atoms with Gasteiger partial charge >= 0.3 is 0 Å². The SMILES string of the molecule is COc1c(N)cccc1C(=O)NCc1ncc(C)o1. The van der Waals surface area contributed by atoms with Gasteiger partial charge in [0, 0.05) is 0 Å². The van der Waals surface area contributed by atoms with Crippen molar-refractivity contribution in [1.82, 2.24) is 10.3 Å². The summed E-state index contributed by atoms with van der Waals surface area (Å²) in [6.45, 7) is 2.00. The number of para-hydroxylation sites is 1. The van der Waals surface area contributed by atoms with Crippen molar-refractivity contribution in [3.63, 3.8) is 0 Å². The zero-order valence-corrected chi connectivity index (χ0v) is 10.8. The zero-order chi connectivity index (χ0) is 13.8. The van der Waals surface area contributed by atoms with Crippen LogP contribution in [0, 0.1) is 6.92 Å². The number of benzene rings is 1. The van der Waals surface area contributed by atoms with Crippen LogP contribution >= 0.6 is 0 Å². The van der Waals surface area contributed by atoms with Gasteiger partial charge in [-0.1, -0.05) is 6.07 Å². The predicted molar refractivity (Wildman–Crippen MR) is 69.8 cm³/mol. The molecule has 6 nitrogen and oxygen atoms in total. The molecular formula is C13H15N3O3. The first kappa shape index (κ1) is 12.9. The molecule has 19 heavy (non-hydrogen) atoms. The van der Waals surface area contributed by atoms with Crippen LogP contribution in [0.3, 0.4) is 0 Å². The second-order valence-electron chi connectivity index (χ2n) is 3.98. The highest BCUT2D eigenvalue weighted by molar-refractivity contribution is 5.98. The fourth-order valence-corrected chi connectivity index (χ4v) is 1.70. The fraction of sp³-hybridized carbons (Fsp3) is 0.231. The minimum absolute atomic E-state index is 0.213. The second kappa shape index (κ2) is 5.43. The first-order valence-electron chi connectivity index (χ1n) is 5.74. The first-order valence-corrected chi connectivity index (χ1v) is 5.74. The molecule has 0 atom stereocenters. The highest BCUT2D eigenvalue weighted by Gasteiger charge is 2.14. The second-order valence-corrected chi connectivity index (χ2v) is 3.98. The van der Waals surface area contributed by atoms with Gasteiger partial charge in [0.1, 0.15) is 5.76 Å². The van der Waals surface area contributed by atoms with E-state index in [9.17, 15) is 4.79 Å². The maximum Gasteiger partial charge on any atom is 0.255 e. The first-order chi connectivity index (χ1) is 9.11. The molecule has 0 radical (unpaired) electrons. The number of nitrogen functional groups attached to an aromatic ring is 1. The van der Waals surface area contributed by atoms with Crippen molar-refractivity contribution in [2.24, 2.45) is 0 Å². The van der Waals surface area contributed by atoms with Gasteiger partial charge in [-0.05, 0) is 19.1 Å². The normalized spacial score (nSPS) is 10.2. The Hall–Kier alpha value is -2.50. The number of aromatic nitrogens is 1. The molecule has 1 amide bonds. The zero-order valence-electron chi connectivity index (χ0n) is 10.8. The monoisotopic (exact) mass is 261 g/mol. The molecule has 1 aromatic carbocycles. The van der Waals surface area contributed by atoms with Crippen LogP contribution in [0.25, 0.3) is 0 Å². The number of ether oxygens (including phenoxy) is 1. The van der Waals surface area contributed by atoms with Crippen molar-refractivity contribution in [1.29, 1.82) is 0 Å². The number of nitrogens with zero attached hydrogens (tertiary/aromatic N) is 1. The van der Waals surface area contributed by atoms with Crippen molar-refractivity contribution in [2.45, 2.75) is 13.5 Å². The number of carbonyl (C=O) groups excluding carboxylic acids is 1. The lowest BCUT2D eigenvalue weighted by Crippen LogP contribution is -2.23. The highest BCUT2D eigenvalue weighted by atomic mass is 16.5. The molecule has 0 bridgehead atoms. The number of nitrogens with two attached hydrogens (primary N) is 1. The van der Waals surface area contributed by atoms with Gasteiger partial charge in [0.2, 0.25) is 5.89 Å². The van der Waals surface area contributed by atoms with Crippen molar-refractivity contribution >= 4 is 11.6 Å². The Morgan fingerprint density at radius 2 is 2.32 bits per heavy atom. The quantitative estimate of drug-likeness (QED) is 0.814. The Bertz CT molecular complexity index is 593. The number of methoxy groups -OCH3 is 1. The summed E-state index contributed by atoms with van der Waals surface area (Å²) in [5.41, 5.74) is 6.54. The van der Waals surface area contributed by atoms with Crippen LogP contribution in [0.2, 0.25) is 0 Å². The van der Waals surface area contributed by atoms with Gasteiger partial charge in [0.25, 0.3) is 5.91 Å². The van der Waals surface area contributed by atoms with Gasteiger partial charge in [-0.25, -0.2) is 4.98 Å². The number of nitrogens with one attached hydrogen (secondary N) is 1. The minimum atomic E-state index is -0.292. The predicted octanol–water partition coefficient (Wildman–Crippen LogP) is 1.50. The van der Waals surface area contributed by atoms with Gasteiger partial charge in [-0.3, -0.25) is 4.79 Å². The van der Waals surface area contributed by atoms with Crippen LogP contribution in [0.15, 0.2) is 28.8 Å². The van der Waals surface area contributed by atoms with Crippen molar-refractivity contribution in [2.75, 3.05) is 12.8 Å². The molecule has 0 fully saturated rings. The number of aryl methyl sites for hydroxylation is 1. The topological polar surface area (TPSA) is 90.4 Å². The Kier molecular flexibility index (Phi) is 3.70. The maximum atomic E-state index is 12.0. The molecule has 0 saturated carbocycles. The summed E-state index contributed by atoms with van der Waals surface area (Å²) in [6, 6.07) is 5.01. The number of hydrogen-bond acceptors (Lipinski definition) is 5. The number of oxazole rings is 1. The molecule has 3 N–H and O–H groups in total. The van der Waals surface area contributed by atoms with Crippen LogP contribution in [-0.2, 0) is 6.54 Å². The Labute approximate surface area is 110 Å². The van der Waals surface area contributed by atoms with Gasteiger partial charge in [-0.15, -0.1) is 0 Å². The van der Waals surface area contributed by atoms with Crippen LogP contribution in [0.4, 0.5) is 5.69 Å². The highest BCUT2D eigenvalue weighted by Crippen LogP contribution is 2.25. The van der Waals surface area contributed by atoms with Gasteiger partial charge in [-0.2, -0.15) is 0 Å². The largest absolute Gasteiger partial charge is 0.494 e. The molecule has 0 aliphatic heterocycles. The number of anilines is 1. The lowest BCUT2D eigenvalue weighted by atomic mass is 10.1. The number of hydrogen-bond donors (Lipinski definition) is 2. The van der Waals surface area contributed by atoms with E-state index in [4.69, 9.17) is 14.9 Å². The summed E-state index contributed by atoms with van der Waals surface area (Å²) in [6.07, 6.45) is 1.60. The van der Waals surface area contributed by atoms with Gasteiger partial charge < -0.3 is 20.2 Å². The molecule has 0 saturated heterocycles. The molecule has 1 aromatic heterocycles. The standard InChI is InChI=1S/C13H15N3O3/c1-8-6-15-11(19-8)7-16-13(17)9-4-3-5-10(14)12(9)18-2/h3-6H,7,14H2,1-2H3,(H,16,17). The number of rotatable bonds is 4. The smallest absolute Gasteiger partial charge is 0.255 e. The molecule has 0 aliphatic carbocycles. The third kappa shape index (κ3) is 2.85. The summed E-state index contributed by atoms with van der Waals surface area (Å²) in [7, 11) is 1.47. The molecule has 100 valence electrons. The third-order valence-corrected chi connectivity index (χ3v) is 2.56. The molecule has 0 spiro atoms. The van der Waals surface area contributed by atoms with Crippen LogP contribution in [0.5, 0.6) is 5.75 Å². The summed E-state index contributed by atoms with van der Waals surface area (Å²) in [5, 5.41) is 2.70.